The van der Waals surface area contributed by atoms with Gasteiger partial charge in [0.05, 0.1) is 0 Å². The minimum atomic E-state index is 0.499. The van der Waals surface area contributed by atoms with Crippen molar-refractivity contribution < 1.29 is 0 Å². The third kappa shape index (κ3) is 3.63. The molecule has 0 amide bonds. The van der Waals surface area contributed by atoms with E-state index in [9.17, 15) is 0 Å². The zero-order chi connectivity index (χ0) is 13.7. The standard InChI is InChI=1S/C17H22N2/c1-4-13(2)17-6-5-15(12-19-17)11-14(3)16-7-9-18-10-8-16/h5-10,12-14H,4,11H2,1-3H3. The van der Waals surface area contributed by atoms with Gasteiger partial charge in [-0.05, 0) is 54.0 Å². The smallest absolute Gasteiger partial charge is 0.0431 e. The molecular formula is C17H22N2. The lowest BCUT2D eigenvalue weighted by Gasteiger charge is -2.13. The maximum Gasteiger partial charge on any atom is 0.0431 e. The molecule has 0 fully saturated rings. The van der Waals surface area contributed by atoms with Crippen LogP contribution in [-0.4, -0.2) is 9.97 Å². The summed E-state index contributed by atoms with van der Waals surface area (Å²) >= 11 is 0. The van der Waals surface area contributed by atoms with Crippen LogP contribution in [0.25, 0.3) is 0 Å². The minimum Gasteiger partial charge on any atom is -0.265 e. The second-order valence-electron chi connectivity index (χ2n) is 5.29. The van der Waals surface area contributed by atoms with Gasteiger partial charge in [-0.25, -0.2) is 0 Å². The van der Waals surface area contributed by atoms with Crippen molar-refractivity contribution in [2.45, 2.75) is 45.4 Å². The van der Waals surface area contributed by atoms with E-state index in [-0.39, 0.29) is 0 Å². The maximum absolute atomic E-state index is 4.58. The lowest BCUT2D eigenvalue weighted by atomic mass is 9.95. The van der Waals surface area contributed by atoms with Crippen LogP contribution in [-0.2, 0) is 6.42 Å². The van der Waals surface area contributed by atoms with Crippen molar-refractivity contribution in [3.8, 4) is 0 Å². The first-order valence-corrected chi connectivity index (χ1v) is 7.05. The fourth-order valence-corrected chi connectivity index (χ4v) is 2.22. The highest BCUT2D eigenvalue weighted by Gasteiger charge is 2.08. The molecule has 0 saturated heterocycles. The van der Waals surface area contributed by atoms with Gasteiger partial charge in [0.15, 0.2) is 0 Å². The predicted octanol–water partition coefficient (Wildman–Crippen LogP) is 4.34. The third-order valence-corrected chi connectivity index (χ3v) is 3.78. The number of aromatic nitrogens is 2. The minimum absolute atomic E-state index is 0.499. The van der Waals surface area contributed by atoms with Gasteiger partial charge < -0.3 is 0 Å². The Morgan fingerprint density at radius 1 is 1.00 bits per heavy atom. The SMILES string of the molecule is CCC(C)c1ccc(CC(C)c2ccncc2)cn1. The molecule has 0 aliphatic rings. The van der Waals surface area contributed by atoms with Gasteiger partial charge in [0.2, 0.25) is 0 Å². The highest BCUT2D eigenvalue weighted by atomic mass is 14.7. The van der Waals surface area contributed by atoms with Crippen LogP contribution < -0.4 is 0 Å². The summed E-state index contributed by atoms with van der Waals surface area (Å²) in [5.41, 5.74) is 3.83. The molecule has 19 heavy (non-hydrogen) atoms. The topological polar surface area (TPSA) is 25.8 Å². The quantitative estimate of drug-likeness (QED) is 0.793. The average molecular weight is 254 g/mol. The number of hydrogen-bond donors (Lipinski definition) is 0. The lowest BCUT2D eigenvalue weighted by Crippen LogP contribution is -2.01. The fourth-order valence-electron chi connectivity index (χ4n) is 2.22. The molecule has 0 aromatic carbocycles. The Morgan fingerprint density at radius 2 is 1.74 bits per heavy atom. The summed E-state index contributed by atoms with van der Waals surface area (Å²) in [5, 5.41) is 0. The van der Waals surface area contributed by atoms with E-state index in [4.69, 9.17) is 0 Å². The molecule has 100 valence electrons. The van der Waals surface area contributed by atoms with Crippen molar-refractivity contribution in [2.75, 3.05) is 0 Å². The molecule has 0 saturated carbocycles. The highest BCUT2D eigenvalue weighted by Crippen LogP contribution is 2.21. The summed E-state index contributed by atoms with van der Waals surface area (Å²) in [7, 11) is 0. The van der Waals surface area contributed by atoms with Crippen molar-refractivity contribution >= 4 is 0 Å². The Kier molecular flexibility index (Phi) is 4.67. The monoisotopic (exact) mass is 254 g/mol. The summed E-state index contributed by atoms with van der Waals surface area (Å²) < 4.78 is 0. The van der Waals surface area contributed by atoms with Crippen LogP contribution in [0.4, 0.5) is 0 Å². The number of hydrogen-bond acceptors (Lipinski definition) is 2. The first-order chi connectivity index (χ1) is 9.20. The van der Waals surface area contributed by atoms with Gasteiger partial charge >= 0.3 is 0 Å². The molecule has 2 rings (SSSR count). The van der Waals surface area contributed by atoms with E-state index in [1.165, 1.54) is 16.8 Å². The van der Waals surface area contributed by atoms with Crippen molar-refractivity contribution in [3.63, 3.8) is 0 Å². The van der Waals surface area contributed by atoms with Crippen molar-refractivity contribution in [1.29, 1.82) is 0 Å². The Morgan fingerprint density at radius 3 is 2.32 bits per heavy atom. The molecule has 0 spiro atoms. The second kappa shape index (κ2) is 6.46. The predicted molar refractivity (Wildman–Crippen MR) is 79.3 cm³/mol. The summed E-state index contributed by atoms with van der Waals surface area (Å²) in [4.78, 5) is 8.65. The Labute approximate surface area is 115 Å². The summed E-state index contributed by atoms with van der Waals surface area (Å²) in [6.45, 7) is 6.67. The maximum atomic E-state index is 4.58. The van der Waals surface area contributed by atoms with E-state index >= 15 is 0 Å². The van der Waals surface area contributed by atoms with E-state index in [0.29, 0.717) is 11.8 Å². The second-order valence-corrected chi connectivity index (χ2v) is 5.29. The van der Waals surface area contributed by atoms with Crippen LogP contribution in [0, 0.1) is 0 Å². The van der Waals surface area contributed by atoms with Crippen molar-refractivity contribution in [1.82, 2.24) is 9.97 Å². The van der Waals surface area contributed by atoms with Crippen molar-refractivity contribution in [2.24, 2.45) is 0 Å². The number of pyridine rings is 2. The normalized spacial score (nSPS) is 14.1. The van der Waals surface area contributed by atoms with Crippen LogP contribution in [0.3, 0.4) is 0 Å². The van der Waals surface area contributed by atoms with Crippen LogP contribution in [0.1, 0.15) is 55.8 Å². The van der Waals surface area contributed by atoms with Crippen molar-refractivity contribution in [3.05, 3.63) is 59.7 Å². The summed E-state index contributed by atoms with van der Waals surface area (Å²) in [6, 6.07) is 8.56. The zero-order valence-corrected chi connectivity index (χ0v) is 12.0. The first kappa shape index (κ1) is 13.7. The van der Waals surface area contributed by atoms with Crippen LogP contribution in [0.5, 0.6) is 0 Å². The third-order valence-electron chi connectivity index (χ3n) is 3.78. The van der Waals surface area contributed by atoms with Gasteiger partial charge in [-0.15, -0.1) is 0 Å². The molecule has 2 unspecified atom stereocenters. The molecule has 0 aliphatic heterocycles. The molecule has 2 heterocycles. The Balaban J connectivity index is 2.04. The van der Waals surface area contributed by atoms with Gasteiger partial charge in [0, 0.05) is 24.3 Å². The van der Waals surface area contributed by atoms with Gasteiger partial charge in [-0.1, -0.05) is 26.8 Å². The van der Waals surface area contributed by atoms with Gasteiger partial charge in [0.1, 0.15) is 0 Å². The fraction of sp³-hybridized carbons (Fsp3) is 0.412. The molecular weight excluding hydrogens is 232 g/mol. The van der Waals surface area contributed by atoms with E-state index in [1.807, 2.05) is 18.6 Å². The molecule has 0 radical (unpaired) electrons. The van der Waals surface area contributed by atoms with E-state index in [2.05, 4.69) is 55.0 Å². The molecule has 0 N–H and O–H groups in total. The molecule has 2 aromatic rings. The molecule has 2 aromatic heterocycles. The van der Waals surface area contributed by atoms with Gasteiger partial charge in [0.25, 0.3) is 0 Å². The number of nitrogens with zero attached hydrogens (tertiary/aromatic N) is 2. The van der Waals surface area contributed by atoms with Crippen LogP contribution >= 0.6 is 0 Å². The average Bonchev–Trinajstić information content (AvgIpc) is 2.48. The molecule has 2 atom stereocenters. The summed E-state index contributed by atoms with van der Waals surface area (Å²) in [5.74, 6) is 1.05. The molecule has 2 nitrogen and oxygen atoms in total. The van der Waals surface area contributed by atoms with Crippen LogP contribution in [0.15, 0.2) is 42.9 Å². The van der Waals surface area contributed by atoms with E-state index < -0.39 is 0 Å². The Bertz CT molecular complexity index is 490. The van der Waals surface area contributed by atoms with E-state index in [0.717, 1.165) is 12.8 Å². The van der Waals surface area contributed by atoms with Crippen LogP contribution in [0.2, 0.25) is 0 Å². The summed E-state index contributed by atoms with van der Waals surface area (Å²) in [6.07, 6.45) is 7.91. The zero-order valence-electron chi connectivity index (χ0n) is 12.0. The van der Waals surface area contributed by atoms with Gasteiger partial charge in [-0.2, -0.15) is 0 Å². The molecule has 0 bridgehead atoms. The first-order valence-electron chi connectivity index (χ1n) is 7.05. The molecule has 0 aliphatic carbocycles. The van der Waals surface area contributed by atoms with Gasteiger partial charge in [-0.3, -0.25) is 9.97 Å². The molecule has 2 heteroatoms. The largest absolute Gasteiger partial charge is 0.265 e. The highest BCUT2D eigenvalue weighted by molar-refractivity contribution is 5.22. The Hall–Kier alpha value is -1.70. The number of rotatable bonds is 5. The lowest BCUT2D eigenvalue weighted by molar-refractivity contribution is 0.702. The van der Waals surface area contributed by atoms with E-state index in [1.54, 1.807) is 0 Å².